The van der Waals surface area contributed by atoms with Crippen LogP contribution in [0.25, 0.3) is 6.08 Å². The van der Waals surface area contributed by atoms with Gasteiger partial charge in [-0.05, 0) is 98.8 Å². The fourth-order valence-corrected chi connectivity index (χ4v) is 5.40. The van der Waals surface area contributed by atoms with Crippen LogP contribution < -0.4 is 25.4 Å². The predicted molar refractivity (Wildman–Crippen MR) is 191 cm³/mol. The minimum Gasteiger partial charge on any atom is -0.493 e. The van der Waals surface area contributed by atoms with Crippen LogP contribution in [-0.4, -0.2) is 29.6 Å². The Hall–Kier alpha value is -5.80. The molecule has 0 fully saturated rings. The molecular weight excluding hydrogens is 623 g/mol. The summed E-state index contributed by atoms with van der Waals surface area (Å²) in [5.41, 5.74) is 2.31. The van der Waals surface area contributed by atoms with E-state index in [0.29, 0.717) is 40.6 Å². The number of thioether (sulfide) groups is 1. The molecule has 0 aliphatic carbocycles. The van der Waals surface area contributed by atoms with Crippen molar-refractivity contribution in [1.29, 1.82) is 0 Å². The van der Waals surface area contributed by atoms with Gasteiger partial charge < -0.3 is 25.4 Å². The zero-order valence-electron chi connectivity index (χ0n) is 26.5. The Morgan fingerprint density at radius 3 is 1.98 bits per heavy atom. The summed E-state index contributed by atoms with van der Waals surface area (Å²) in [6.45, 7) is 4.15. The lowest BCUT2D eigenvalue weighted by molar-refractivity contribution is -0.115. The summed E-state index contributed by atoms with van der Waals surface area (Å²) in [6.07, 6.45) is 1.59. The van der Waals surface area contributed by atoms with Crippen LogP contribution in [0.15, 0.2) is 144 Å². The van der Waals surface area contributed by atoms with Crippen LogP contribution in [0.1, 0.15) is 29.8 Å². The molecule has 0 aliphatic rings. The van der Waals surface area contributed by atoms with Gasteiger partial charge >= 0.3 is 0 Å². The summed E-state index contributed by atoms with van der Waals surface area (Å²) in [5, 5.41) is 8.17. The fourth-order valence-electron chi connectivity index (χ4n) is 4.53. The SMILES string of the molecule is CCOc1ccccc1/C=C(\NC(=O)c1ccccc1)C(=O)Nc1ccc(SC(C)C(=O)Nc2ccc(Oc3ccccc3)cc2)cc1. The lowest BCUT2D eigenvalue weighted by Crippen LogP contribution is -2.30. The zero-order valence-corrected chi connectivity index (χ0v) is 27.3. The van der Waals surface area contributed by atoms with Gasteiger partial charge in [-0.25, -0.2) is 0 Å². The molecule has 0 saturated heterocycles. The molecule has 3 N–H and O–H groups in total. The third kappa shape index (κ3) is 9.60. The van der Waals surface area contributed by atoms with Crippen LogP contribution >= 0.6 is 11.8 Å². The number of carbonyl (C=O) groups excluding carboxylic acids is 3. The predicted octanol–water partition coefficient (Wildman–Crippen LogP) is 8.41. The second kappa shape index (κ2) is 16.7. The van der Waals surface area contributed by atoms with Gasteiger partial charge in [-0.3, -0.25) is 14.4 Å². The summed E-state index contributed by atoms with van der Waals surface area (Å²) < 4.78 is 11.5. The second-order valence-electron chi connectivity index (χ2n) is 10.5. The molecule has 8 nitrogen and oxygen atoms in total. The van der Waals surface area contributed by atoms with Crippen LogP contribution in [0.2, 0.25) is 0 Å². The number of rotatable bonds is 13. The average Bonchev–Trinajstić information content (AvgIpc) is 3.11. The molecule has 3 amide bonds. The summed E-state index contributed by atoms with van der Waals surface area (Å²) >= 11 is 1.39. The molecule has 0 bridgehead atoms. The maximum atomic E-state index is 13.5. The Kier molecular flexibility index (Phi) is 11.7. The van der Waals surface area contributed by atoms with E-state index >= 15 is 0 Å². The number of carbonyl (C=O) groups is 3. The monoisotopic (exact) mass is 657 g/mol. The topological polar surface area (TPSA) is 106 Å². The highest BCUT2D eigenvalue weighted by Gasteiger charge is 2.18. The van der Waals surface area contributed by atoms with E-state index in [0.717, 1.165) is 10.6 Å². The van der Waals surface area contributed by atoms with Crippen LogP contribution in [-0.2, 0) is 9.59 Å². The number of ether oxygens (including phenoxy) is 2. The molecule has 9 heteroatoms. The molecule has 0 spiro atoms. The molecule has 1 unspecified atom stereocenters. The molecule has 0 heterocycles. The van der Waals surface area contributed by atoms with Gasteiger partial charge in [-0.15, -0.1) is 11.8 Å². The van der Waals surface area contributed by atoms with E-state index in [2.05, 4.69) is 16.0 Å². The normalized spacial score (nSPS) is 11.6. The number of hydrogen-bond donors (Lipinski definition) is 3. The number of hydrogen-bond acceptors (Lipinski definition) is 6. The maximum absolute atomic E-state index is 13.5. The number of amides is 3. The van der Waals surface area contributed by atoms with Crippen molar-refractivity contribution >= 4 is 46.9 Å². The summed E-state index contributed by atoms with van der Waals surface area (Å²) in [7, 11) is 0. The van der Waals surface area contributed by atoms with E-state index in [4.69, 9.17) is 9.47 Å². The van der Waals surface area contributed by atoms with Gasteiger partial charge in [0.05, 0.1) is 11.9 Å². The van der Waals surface area contributed by atoms with E-state index in [-0.39, 0.29) is 16.9 Å². The van der Waals surface area contributed by atoms with Crippen molar-refractivity contribution in [3.63, 3.8) is 0 Å². The van der Waals surface area contributed by atoms with Crippen molar-refractivity contribution in [3.05, 3.63) is 150 Å². The zero-order chi connectivity index (χ0) is 33.7. The molecule has 0 aliphatic heterocycles. The van der Waals surface area contributed by atoms with Crippen molar-refractivity contribution < 1.29 is 23.9 Å². The van der Waals surface area contributed by atoms with Gasteiger partial charge in [0.2, 0.25) is 5.91 Å². The van der Waals surface area contributed by atoms with Crippen molar-refractivity contribution in [3.8, 4) is 17.2 Å². The van der Waals surface area contributed by atoms with Crippen LogP contribution in [0.3, 0.4) is 0 Å². The first-order chi connectivity index (χ1) is 23.4. The number of benzene rings is 5. The minimum atomic E-state index is -0.501. The highest BCUT2D eigenvalue weighted by molar-refractivity contribution is 8.00. The summed E-state index contributed by atoms with van der Waals surface area (Å²) in [4.78, 5) is 40.3. The molecule has 242 valence electrons. The van der Waals surface area contributed by atoms with Gasteiger partial charge in [0.1, 0.15) is 22.9 Å². The van der Waals surface area contributed by atoms with E-state index in [1.54, 1.807) is 72.8 Å². The first-order valence-electron chi connectivity index (χ1n) is 15.4. The lowest BCUT2D eigenvalue weighted by atomic mass is 10.1. The summed E-state index contributed by atoms with van der Waals surface area (Å²) in [6, 6.07) is 39.8. The van der Waals surface area contributed by atoms with Gasteiger partial charge in [-0.2, -0.15) is 0 Å². The number of nitrogens with one attached hydrogen (secondary N) is 3. The molecular formula is C39H35N3O5S. The van der Waals surface area contributed by atoms with E-state index in [1.165, 1.54) is 11.8 Å². The third-order valence-corrected chi connectivity index (χ3v) is 8.05. The molecule has 5 aromatic rings. The third-order valence-electron chi connectivity index (χ3n) is 6.94. The molecule has 5 rings (SSSR count). The average molecular weight is 658 g/mol. The van der Waals surface area contributed by atoms with Gasteiger partial charge in [0.25, 0.3) is 11.8 Å². The van der Waals surface area contributed by atoms with Crippen molar-refractivity contribution in [1.82, 2.24) is 5.32 Å². The molecule has 0 radical (unpaired) electrons. The fraction of sp³-hybridized carbons (Fsp3) is 0.103. The molecule has 5 aromatic carbocycles. The van der Waals surface area contributed by atoms with Crippen molar-refractivity contribution in [2.24, 2.45) is 0 Å². The summed E-state index contributed by atoms with van der Waals surface area (Å²) in [5.74, 6) is 0.934. The van der Waals surface area contributed by atoms with Gasteiger partial charge in [0.15, 0.2) is 0 Å². The lowest BCUT2D eigenvalue weighted by Gasteiger charge is -2.14. The molecule has 0 saturated carbocycles. The van der Waals surface area contributed by atoms with Gasteiger partial charge in [0, 0.05) is 27.4 Å². The largest absolute Gasteiger partial charge is 0.493 e. The Balaban J connectivity index is 1.21. The molecule has 0 aromatic heterocycles. The maximum Gasteiger partial charge on any atom is 0.272 e. The van der Waals surface area contributed by atoms with Crippen molar-refractivity contribution in [2.45, 2.75) is 24.0 Å². The van der Waals surface area contributed by atoms with Crippen LogP contribution in [0, 0.1) is 0 Å². The highest BCUT2D eigenvalue weighted by Crippen LogP contribution is 2.27. The Morgan fingerprint density at radius 1 is 0.708 bits per heavy atom. The Labute approximate surface area is 284 Å². The minimum absolute atomic E-state index is 0.0550. The molecule has 48 heavy (non-hydrogen) atoms. The van der Waals surface area contributed by atoms with Crippen molar-refractivity contribution in [2.75, 3.05) is 17.2 Å². The van der Waals surface area contributed by atoms with E-state index < -0.39 is 11.8 Å². The Morgan fingerprint density at radius 2 is 1.29 bits per heavy atom. The second-order valence-corrected chi connectivity index (χ2v) is 11.9. The van der Waals surface area contributed by atoms with Crippen LogP contribution in [0.5, 0.6) is 17.2 Å². The highest BCUT2D eigenvalue weighted by atomic mass is 32.2. The first-order valence-corrected chi connectivity index (χ1v) is 16.3. The van der Waals surface area contributed by atoms with Crippen LogP contribution in [0.4, 0.5) is 11.4 Å². The number of para-hydroxylation sites is 2. The quantitative estimate of drug-likeness (QED) is 0.0868. The van der Waals surface area contributed by atoms with Gasteiger partial charge in [-0.1, -0.05) is 54.6 Å². The van der Waals surface area contributed by atoms with E-state index in [9.17, 15) is 14.4 Å². The smallest absolute Gasteiger partial charge is 0.272 e. The molecule has 1 atom stereocenters. The first kappa shape index (κ1) is 33.6. The van der Waals surface area contributed by atoms with E-state index in [1.807, 2.05) is 80.6 Å². The Bertz CT molecular complexity index is 1860. The number of anilines is 2. The standard InChI is InChI=1S/C39H35N3O5S/c1-3-46-36-17-11-10-14-29(36)26-35(42-38(44)28-12-6-4-7-13-28)39(45)41-31-20-24-34(25-21-31)48-27(2)37(43)40-30-18-22-33(23-19-30)47-32-15-8-5-9-16-32/h4-27H,3H2,1-2H3,(H,40,43)(H,41,45)(H,42,44)/b35-26-.